The molecule has 0 fully saturated rings. The monoisotopic (exact) mass is 394 g/mol. The molecule has 0 unspecified atom stereocenters. The quantitative estimate of drug-likeness (QED) is 0.698. The van der Waals surface area contributed by atoms with E-state index in [1.54, 1.807) is 50.2 Å². The summed E-state index contributed by atoms with van der Waals surface area (Å²) in [6.45, 7) is 3.34. The molecule has 0 aliphatic heterocycles. The van der Waals surface area contributed by atoms with Crippen molar-refractivity contribution in [2.75, 3.05) is 11.9 Å². The number of amides is 2. The van der Waals surface area contributed by atoms with Gasteiger partial charge >= 0.3 is 0 Å². The number of carbonyl (C=O) groups is 2. The Kier molecular flexibility index (Phi) is 6.64. The summed E-state index contributed by atoms with van der Waals surface area (Å²) in [7, 11) is 0. The first kappa shape index (κ1) is 20.2. The summed E-state index contributed by atoms with van der Waals surface area (Å²) in [5.74, 6) is -0.490. The summed E-state index contributed by atoms with van der Waals surface area (Å²) >= 11 is 11.8. The van der Waals surface area contributed by atoms with Crippen LogP contribution in [0.15, 0.2) is 42.5 Å². The van der Waals surface area contributed by atoms with Gasteiger partial charge in [0.15, 0.2) is 0 Å². The van der Waals surface area contributed by atoms with E-state index in [9.17, 15) is 14.7 Å². The molecule has 0 saturated carbocycles. The summed E-state index contributed by atoms with van der Waals surface area (Å²) in [5, 5.41) is 15.4. The number of benzene rings is 2. The number of nitrogens with one attached hydrogen (secondary N) is 2. The van der Waals surface area contributed by atoms with E-state index in [0.717, 1.165) is 5.56 Å². The van der Waals surface area contributed by atoms with E-state index in [0.29, 0.717) is 21.3 Å². The average Bonchev–Trinajstić information content (AvgIpc) is 2.58. The minimum atomic E-state index is -0.662. The zero-order valence-corrected chi connectivity index (χ0v) is 16.0. The number of hydrogen-bond acceptors (Lipinski definition) is 3. The highest BCUT2D eigenvalue weighted by atomic mass is 35.5. The summed E-state index contributed by atoms with van der Waals surface area (Å²) in [4.78, 5) is 24.2. The predicted octanol–water partition coefficient (Wildman–Crippen LogP) is 3.68. The third-order valence-electron chi connectivity index (χ3n) is 3.63. The number of aliphatic hydroxyl groups is 1. The van der Waals surface area contributed by atoms with Gasteiger partial charge in [0.25, 0.3) is 5.91 Å². The highest BCUT2D eigenvalue weighted by Crippen LogP contribution is 2.23. The first-order chi connectivity index (χ1) is 12.2. The Morgan fingerprint density at radius 3 is 2.27 bits per heavy atom. The Morgan fingerprint density at radius 1 is 1.04 bits per heavy atom. The molecule has 2 aromatic carbocycles. The zero-order valence-electron chi connectivity index (χ0n) is 14.5. The molecule has 0 spiro atoms. The molecule has 0 heterocycles. The predicted molar refractivity (Wildman–Crippen MR) is 104 cm³/mol. The molecule has 7 heteroatoms. The van der Waals surface area contributed by atoms with Crippen LogP contribution in [0.2, 0.25) is 10.0 Å². The summed E-state index contributed by atoms with van der Waals surface area (Å²) < 4.78 is 0. The lowest BCUT2D eigenvalue weighted by molar-refractivity contribution is -0.122. The number of aliphatic hydroxyl groups excluding tert-OH is 1. The highest BCUT2D eigenvalue weighted by Gasteiger charge is 2.19. The molecule has 0 bridgehead atoms. The molecular weight excluding hydrogens is 375 g/mol. The normalized spacial score (nSPS) is 11.1. The first-order valence-electron chi connectivity index (χ1n) is 7.97. The smallest absolute Gasteiger partial charge is 0.255 e. The summed E-state index contributed by atoms with van der Waals surface area (Å²) in [6.07, 6.45) is 0.185. The van der Waals surface area contributed by atoms with E-state index >= 15 is 0 Å². The van der Waals surface area contributed by atoms with Gasteiger partial charge in [0.2, 0.25) is 5.91 Å². The molecule has 0 saturated heterocycles. The summed E-state index contributed by atoms with van der Waals surface area (Å²) in [6, 6.07) is 11.6. The molecule has 0 atom stereocenters. The maximum absolute atomic E-state index is 12.2. The van der Waals surface area contributed by atoms with E-state index in [2.05, 4.69) is 10.6 Å². The van der Waals surface area contributed by atoms with Gasteiger partial charge in [-0.3, -0.25) is 9.59 Å². The molecule has 138 valence electrons. The maximum Gasteiger partial charge on any atom is 0.255 e. The van der Waals surface area contributed by atoms with Gasteiger partial charge in [-0.05, 0) is 49.7 Å². The fourth-order valence-electron chi connectivity index (χ4n) is 2.19. The van der Waals surface area contributed by atoms with Crippen LogP contribution in [0.1, 0.15) is 29.8 Å². The van der Waals surface area contributed by atoms with Gasteiger partial charge in [0.05, 0.1) is 28.6 Å². The molecule has 0 aliphatic rings. The Labute approximate surface area is 162 Å². The molecule has 0 radical (unpaired) electrons. The molecule has 26 heavy (non-hydrogen) atoms. The van der Waals surface area contributed by atoms with Gasteiger partial charge in [-0.25, -0.2) is 0 Å². The van der Waals surface area contributed by atoms with Crippen LogP contribution >= 0.6 is 23.2 Å². The van der Waals surface area contributed by atoms with Crippen LogP contribution in [0.5, 0.6) is 0 Å². The van der Waals surface area contributed by atoms with Crippen LogP contribution < -0.4 is 10.6 Å². The van der Waals surface area contributed by atoms with Crippen molar-refractivity contribution in [3.63, 3.8) is 0 Å². The molecule has 0 aliphatic carbocycles. The minimum Gasteiger partial charge on any atom is -0.394 e. The Balaban J connectivity index is 1.97. The molecular formula is C19H20Cl2N2O3. The average molecular weight is 395 g/mol. The van der Waals surface area contributed by atoms with Crippen LogP contribution in [0.4, 0.5) is 5.69 Å². The summed E-state index contributed by atoms with van der Waals surface area (Å²) in [5.41, 5.74) is 1.13. The molecule has 2 aromatic rings. The lowest BCUT2D eigenvalue weighted by Crippen LogP contribution is -2.46. The lowest BCUT2D eigenvalue weighted by atomic mass is 10.1. The fraction of sp³-hybridized carbons (Fsp3) is 0.263. The van der Waals surface area contributed by atoms with Gasteiger partial charge in [-0.1, -0.05) is 35.3 Å². The van der Waals surface area contributed by atoms with Crippen molar-refractivity contribution >= 4 is 40.7 Å². The van der Waals surface area contributed by atoms with E-state index < -0.39 is 5.54 Å². The second kappa shape index (κ2) is 8.54. The lowest BCUT2D eigenvalue weighted by Gasteiger charge is -2.23. The van der Waals surface area contributed by atoms with E-state index in [4.69, 9.17) is 23.2 Å². The van der Waals surface area contributed by atoms with Gasteiger partial charge in [-0.15, -0.1) is 0 Å². The van der Waals surface area contributed by atoms with Crippen molar-refractivity contribution in [2.45, 2.75) is 25.8 Å². The molecule has 5 nitrogen and oxygen atoms in total. The second-order valence-corrected chi connectivity index (χ2v) is 7.36. The Hall–Kier alpha value is -2.08. The second-order valence-electron chi connectivity index (χ2n) is 6.55. The first-order valence-corrected chi connectivity index (χ1v) is 8.73. The van der Waals surface area contributed by atoms with Gasteiger partial charge in [0, 0.05) is 11.3 Å². The number of anilines is 1. The van der Waals surface area contributed by atoms with Crippen molar-refractivity contribution in [1.29, 1.82) is 0 Å². The van der Waals surface area contributed by atoms with Crippen molar-refractivity contribution in [2.24, 2.45) is 0 Å². The van der Waals surface area contributed by atoms with Crippen LogP contribution in [0.3, 0.4) is 0 Å². The molecule has 0 aromatic heterocycles. The number of carbonyl (C=O) groups excluding carboxylic acids is 2. The Morgan fingerprint density at radius 2 is 1.69 bits per heavy atom. The van der Waals surface area contributed by atoms with Crippen LogP contribution in [0.25, 0.3) is 0 Å². The number of halogens is 2. The standard InChI is InChI=1S/C19H20Cl2N2O3/c1-19(2,11-24)23-17(25)9-12-3-6-14(7-4-12)22-18(26)13-5-8-15(20)16(21)10-13/h3-8,10,24H,9,11H2,1-2H3,(H,22,26)(H,23,25). The van der Waals surface area contributed by atoms with Gasteiger partial charge < -0.3 is 15.7 Å². The highest BCUT2D eigenvalue weighted by molar-refractivity contribution is 6.42. The molecule has 2 amide bonds. The van der Waals surface area contributed by atoms with Crippen molar-refractivity contribution in [3.8, 4) is 0 Å². The third kappa shape index (κ3) is 5.73. The van der Waals surface area contributed by atoms with Crippen LogP contribution in [0, 0.1) is 0 Å². The molecule has 3 N–H and O–H groups in total. The number of hydrogen-bond donors (Lipinski definition) is 3. The van der Waals surface area contributed by atoms with Gasteiger partial charge in [-0.2, -0.15) is 0 Å². The SMILES string of the molecule is CC(C)(CO)NC(=O)Cc1ccc(NC(=O)c2ccc(Cl)c(Cl)c2)cc1. The van der Waals surface area contributed by atoms with Crippen molar-refractivity contribution < 1.29 is 14.7 Å². The van der Waals surface area contributed by atoms with Crippen LogP contribution in [-0.2, 0) is 11.2 Å². The minimum absolute atomic E-state index is 0.140. The van der Waals surface area contributed by atoms with E-state index in [-0.39, 0.29) is 24.8 Å². The Bertz CT molecular complexity index is 805. The maximum atomic E-state index is 12.2. The largest absolute Gasteiger partial charge is 0.394 e. The van der Waals surface area contributed by atoms with E-state index in [1.165, 1.54) is 6.07 Å². The zero-order chi connectivity index (χ0) is 19.3. The third-order valence-corrected chi connectivity index (χ3v) is 4.37. The van der Waals surface area contributed by atoms with Crippen molar-refractivity contribution in [1.82, 2.24) is 5.32 Å². The van der Waals surface area contributed by atoms with Crippen molar-refractivity contribution in [3.05, 3.63) is 63.6 Å². The topological polar surface area (TPSA) is 78.4 Å². The van der Waals surface area contributed by atoms with Crippen LogP contribution in [-0.4, -0.2) is 29.1 Å². The van der Waals surface area contributed by atoms with Gasteiger partial charge in [0.1, 0.15) is 0 Å². The van der Waals surface area contributed by atoms with E-state index in [1.807, 2.05) is 0 Å². The molecule has 2 rings (SSSR count). The number of rotatable bonds is 6. The fourth-order valence-corrected chi connectivity index (χ4v) is 2.49.